The predicted molar refractivity (Wildman–Crippen MR) is 79.3 cm³/mol. The zero-order valence-electron chi connectivity index (χ0n) is 12.3. The maximum atomic E-state index is 14.1. The fourth-order valence-corrected chi connectivity index (χ4v) is 2.26. The minimum Gasteiger partial charge on any atom is -0.384 e. The molecule has 0 fully saturated rings. The smallest absolute Gasteiger partial charge is 0.150 e. The lowest BCUT2D eigenvalue weighted by Crippen LogP contribution is -2.31. The van der Waals surface area contributed by atoms with Crippen molar-refractivity contribution < 1.29 is 8.78 Å². The van der Waals surface area contributed by atoms with Gasteiger partial charge in [0, 0.05) is 18.7 Å². The summed E-state index contributed by atoms with van der Waals surface area (Å²) in [6.45, 7) is 7.18. The Morgan fingerprint density at radius 3 is 2.05 bits per heavy atom. The molecule has 3 nitrogen and oxygen atoms in total. The largest absolute Gasteiger partial charge is 0.384 e. The Bertz CT molecular complexity index is 447. The average molecular weight is 283 g/mol. The van der Waals surface area contributed by atoms with Crippen LogP contribution >= 0.6 is 0 Å². The first kappa shape index (κ1) is 16.4. The molecule has 20 heavy (non-hydrogen) atoms. The second-order valence-corrected chi connectivity index (χ2v) is 4.92. The van der Waals surface area contributed by atoms with Crippen LogP contribution in [-0.2, 0) is 0 Å². The molecule has 0 aliphatic carbocycles. The highest BCUT2D eigenvalue weighted by atomic mass is 19.1. The monoisotopic (exact) mass is 283 g/mol. The van der Waals surface area contributed by atoms with E-state index in [1.165, 1.54) is 0 Å². The maximum absolute atomic E-state index is 14.1. The van der Waals surface area contributed by atoms with Crippen molar-refractivity contribution in [1.82, 2.24) is 0 Å². The summed E-state index contributed by atoms with van der Waals surface area (Å²) in [4.78, 5) is 1.71. The van der Waals surface area contributed by atoms with Gasteiger partial charge < -0.3 is 10.6 Å². The summed E-state index contributed by atoms with van der Waals surface area (Å²) in [5, 5.41) is 7.25. The average Bonchev–Trinajstić information content (AvgIpc) is 2.41. The Kier molecular flexibility index (Phi) is 5.92. The van der Waals surface area contributed by atoms with Gasteiger partial charge in [0.25, 0.3) is 0 Å². The molecule has 0 aromatic heterocycles. The summed E-state index contributed by atoms with van der Waals surface area (Å²) < 4.78 is 28.3. The van der Waals surface area contributed by atoms with Crippen molar-refractivity contribution in [2.45, 2.75) is 33.6 Å². The molecule has 1 aromatic rings. The van der Waals surface area contributed by atoms with Crippen molar-refractivity contribution in [3.63, 3.8) is 0 Å². The summed E-state index contributed by atoms with van der Waals surface area (Å²) in [5.41, 5.74) is 5.32. The molecule has 0 radical (unpaired) electrons. The van der Waals surface area contributed by atoms with Gasteiger partial charge in [0.05, 0.1) is 0 Å². The molecule has 112 valence electrons. The van der Waals surface area contributed by atoms with Crippen molar-refractivity contribution >= 4 is 11.5 Å². The topological polar surface area (TPSA) is 53.1 Å². The number of amidine groups is 1. The summed E-state index contributed by atoms with van der Waals surface area (Å²) in [6, 6.07) is 2.24. The van der Waals surface area contributed by atoms with Crippen LogP contribution in [0.4, 0.5) is 14.5 Å². The molecular weight excluding hydrogens is 260 g/mol. The molecule has 0 saturated carbocycles. The van der Waals surface area contributed by atoms with Crippen LogP contribution in [-0.4, -0.2) is 18.9 Å². The Labute approximate surface area is 119 Å². The lowest BCUT2D eigenvalue weighted by molar-refractivity contribution is 0.475. The van der Waals surface area contributed by atoms with E-state index in [0.29, 0.717) is 19.0 Å². The van der Waals surface area contributed by atoms with E-state index in [4.69, 9.17) is 11.1 Å². The Morgan fingerprint density at radius 2 is 1.70 bits per heavy atom. The van der Waals surface area contributed by atoms with Crippen molar-refractivity contribution in [1.29, 1.82) is 5.41 Å². The van der Waals surface area contributed by atoms with Crippen LogP contribution in [0.3, 0.4) is 0 Å². The van der Waals surface area contributed by atoms with Gasteiger partial charge >= 0.3 is 0 Å². The number of anilines is 1. The lowest BCUT2D eigenvalue weighted by Gasteiger charge is -2.28. The number of halogens is 2. The van der Waals surface area contributed by atoms with Crippen molar-refractivity contribution in [3.8, 4) is 0 Å². The lowest BCUT2D eigenvalue weighted by atomic mass is 10.0. The number of rotatable bonds is 7. The number of benzene rings is 1. The molecule has 0 unspecified atom stereocenters. The minimum absolute atomic E-state index is 0.0237. The number of hydrogen-bond donors (Lipinski definition) is 2. The van der Waals surface area contributed by atoms with E-state index >= 15 is 0 Å². The van der Waals surface area contributed by atoms with Gasteiger partial charge in [-0.15, -0.1) is 0 Å². The molecule has 0 aliphatic heterocycles. The van der Waals surface area contributed by atoms with Crippen LogP contribution in [0.25, 0.3) is 0 Å². The third kappa shape index (κ3) is 3.68. The van der Waals surface area contributed by atoms with Crippen LogP contribution < -0.4 is 10.6 Å². The van der Waals surface area contributed by atoms with Crippen LogP contribution in [0, 0.1) is 23.0 Å². The van der Waals surface area contributed by atoms with Crippen LogP contribution in [0.2, 0.25) is 0 Å². The van der Waals surface area contributed by atoms with Gasteiger partial charge in [-0.05, 0) is 25.0 Å². The third-order valence-electron chi connectivity index (χ3n) is 3.66. The van der Waals surface area contributed by atoms with E-state index in [2.05, 4.69) is 13.8 Å². The second kappa shape index (κ2) is 7.22. The van der Waals surface area contributed by atoms with E-state index in [0.717, 1.165) is 25.0 Å². The van der Waals surface area contributed by atoms with Gasteiger partial charge in [-0.3, -0.25) is 5.41 Å². The van der Waals surface area contributed by atoms with Crippen molar-refractivity contribution in [2.24, 2.45) is 11.7 Å². The fourth-order valence-electron chi connectivity index (χ4n) is 2.26. The third-order valence-corrected chi connectivity index (χ3v) is 3.66. The molecule has 3 N–H and O–H groups in total. The van der Waals surface area contributed by atoms with Crippen LogP contribution in [0.1, 0.15) is 39.2 Å². The molecule has 1 aromatic carbocycles. The van der Waals surface area contributed by atoms with E-state index in [9.17, 15) is 8.78 Å². The summed E-state index contributed by atoms with van der Waals surface area (Å²) >= 11 is 0. The number of nitrogens with one attached hydrogen (secondary N) is 1. The minimum atomic E-state index is -0.664. The zero-order chi connectivity index (χ0) is 15.3. The van der Waals surface area contributed by atoms with E-state index in [1.807, 2.05) is 6.92 Å². The van der Waals surface area contributed by atoms with Gasteiger partial charge in [-0.25, -0.2) is 8.78 Å². The standard InChI is InChI=1S/C15H23F2N3/c1-4-10(5-2)9-20(6-3)14-12(16)7-11(15(18)19)8-13(14)17/h7-8,10H,4-6,9H2,1-3H3,(H3,18,19). The molecule has 0 saturated heterocycles. The highest BCUT2D eigenvalue weighted by Gasteiger charge is 2.19. The summed E-state index contributed by atoms with van der Waals surface area (Å²) in [5.74, 6) is -1.26. The molecular formula is C15H23F2N3. The maximum Gasteiger partial charge on any atom is 0.150 e. The Morgan fingerprint density at radius 1 is 1.20 bits per heavy atom. The highest BCUT2D eigenvalue weighted by Crippen LogP contribution is 2.26. The van der Waals surface area contributed by atoms with Gasteiger partial charge in [0.1, 0.15) is 23.2 Å². The molecule has 0 spiro atoms. The number of nitrogens with zero attached hydrogens (tertiary/aromatic N) is 1. The first-order chi connectivity index (χ1) is 9.44. The first-order valence-corrected chi connectivity index (χ1v) is 7.02. The van der Waals surface area contributed by atoms with Gasteiger partial charge in [-0.1, -0.05) is 26.7 Å². The van der Waals surface area contributed by atoms with E-state index in [-0.39, 0.29) is 17.1 Å². The molecule has 5 heteroatoms. The Hall–Kier alpha value is -1.65. The predicted octanol–water partition coefficient (Wildman–Crippen LogP) is 3.51. The molecule has 0 atom stereocenters. The summed E-state index contributed by atoms with van der Waals surface area (Å²) in [7, 11) is 0. The molecule has 0 heterocycles. The highest BCUT2D eigenvalue weighted by molar-refractivity contribution is 5.95. The van der Waals surface area contributed by atoms with Gasteiger partial charge in [0.15, 0.2) is 0 Å². The zero-order valence-corrected chi connectivity index (χ0v) is 12.3. The SMILES string of the molecule is CCC(CC)CN(CC)c1c(F)cc(C(=N)N)cc1F. The van der Waals surface area contributed by atoms with Crippen molar-refractivity contribution in [3.05, 3.63) is 29.3 Å². The molecule has 0 amide bonds. The van der Waals surface area contributed by atoms with Crippen LogP contribution in [0.15, 0.2) is 12.1 Å². The number of nitrogens with two attached hydrogens (primary N) is 1. The van der Waals surface area contributed by atoms with Crippen molar-refractivity contribution in [2.75, 3.05) is 18.0 Å². The normalized spacial score (nSPS) is 10.9. The molecule has 0 bridgehead atoms. The van der Waals surface area contributed by atoms with Crippen LogP contribution in [0.5, 0.6) is 0 Å². The Balaban J connectivity index is 3.12. The number of hydrogen-bond acceptors (Lipinski definition) is 2. The van der Waals surface area contributed by atoms with Gasteiger partial charge in [-0.2, -0.15) is 0 Å². The molecule has 0 aliphatic rings. The quantitative estimate of drug-likeness (QED) is 0.594. The van der Waals surface area contributed by atoms with E-state index < -0.39 is 11.6 Å². The fraction of sp³-hybridized carbons (Fsp3) is 0.533. The van der Waals surface area contributed by atoms with E-state index in [1.54, 1.807) is 4.90 Å². The number of nitrogen functional groups attached to an aromatic ring is 1. The van der Waals surface area contributed by atoms with Gasteiger partial charge in [0.2, 0.25) is 0 Å². The summed E-state index contributed by atoms with van der Waals surface area (Å²) in [6.07, 6.45) is 1.95. The second-order valence-electron chi connectivity index (χ2n) is 4.92. The first-order valence-electron chi connectivity index (χ1n) is 7.02. The molecule has 1 rings (SSSR count).